The Hall–Kier alpha value is -1.34. The third-order valence-electron chi connectivity index (χ3n) is 4.40. The summed E-state index contributed by atoms with van der Waals surface area (Å²) in [7, 11) is 3.53. The first-order chi connectivity index (χ1) is 11.1. The van der Waals surface area contributed by atoms with Crippen molar-refractivity contribution in [2.75, 3.05) is 73.1 Å². The molecule has 2 saturated heterocycles. The summed E-state index contributed by atoms with van der Waals surface area (Å²) in [5.41, 5.74) is 0. The molecule has 2 aliphatic rings. The molecule has 23 heavy (non-hydrogen) atoms. The van der Waals surface area contributed by atoms with Gasteiger partial charge in [-0.15, -0.1) is 0 Å². The van der Waals surface area contributed by atoms with Crippen LogP contribution in [-0.4, -0.2) is 99.7 Å². The number of guanidine groups is 1. The van der Waals surface area contributed by atoms with Gasteiger partial charge in [0.25, 0.3) is 0 Å². The second-order valence-electron chi connectivity index (χ2n) is 6.47. The first kappa shape index (κ1) is 18.0. The molecule has 1 N–H and O–H groups in total. The SMILES string of the molecule is CCNC(=NCC(=O)N(C)C)N1CCC(CN2CCOCC2)C1. The molecule has 7 nitrogen and oxygen atoms in total. The predicted molar refractivity (Wildman–Crippen MR) is 91.6 cm³/mol. The maximum Gasteiger partial charge on any atom is 0.243 e. The smallest absolute Gasteiger partial charge is 0.243 e. The van der Waals surface area contributed by atoms with Crippen LogP contribution in [0.3, 0.4) is 0 Å². The van der Waals surface area contributed by atoms with Gasteiger partial charge in [-0.2, -0.15) is 0 Å². The van der Waals surface area contributed by atoms with Crippen LogP contribution < -0.4 is 5.32 Å². The highest BCUT2D eigenvalue weighted by Gasteiger charge is 2.27. The first-order valence-electron chi connectivity index (χ1n) is 8.63. The van der Waals surface area contributed by atoms with E-state index in [1.807, 2.05) is 0 Å². The fourth-order valence-electron chi connectivity index (χ4n) is 3.03. The van der Waals surface area contributed by atoms with Gasteiger partial charge >= 0.3 is 0 Å². The molecule has 0 spiro atoms. The van der Waals surface area contributed by atoms with E-state index in [-0.39, 0.29) is 12.5 Å². The molecular formula is C16H31N5O2. The van der Waals surface area contributed by atoms with E-state index in [1.54, 1.807) is 19.0 Å². The quantitative estimate of drug-likeness (QED) is 0.555. The van der Waals surface area contributed by atoms with Crippen molar-refractivity contribution >= 4 is 11.9 Å². The molecule has 0 bridgehead atoms. The number of carbonyl (C=O) groups is 1. The van der Waals surface area contributed by atoms with Crippen LogP contribution >= 0.6 is 0 Å². The van der Waals surface area contributed by atoms with Crippen LogP contribution in [0.4, 0.5) is 0 Å². The Labute approximate surface area is 139 Å². The highest BCUT2D eigenvalue weighted by atomic mass is 16.5. The van der Waals surface area contributed by atoms with E-state index >= 15 is 0 Å². The summed E-state index contributed by atoms with van der Waals surface area (Å²) in [6, 6.07) is 0. The lowest BCUT2D eigenvalue weighted by atomic mass is 10.1. The number of aliphatic imine (C=N–C) groups is 1. The lowest BCUT2D eigenvalue weighted by Gasteiger charge is -2.29. The van der Waals surface area contributed by atoms with Gasteiger partial charge in [0.2, 0.25) is 5.91 Å². The average molecular weight is 325 g/mol. The second kappa shape index (κ2) is 9.08. The molecule has 1 atom stereocenters. The number of nitrogens with zero attached hydrogens (tertiary/aromatic N) is 4. The van der Waals surface area contributed by atoms with Crippen LogP contribution in [0.5, 0.6) is 0 Å². The number of carbonyl (C=O) groups excluding carboxylic acids is 1. The molecule has 0 aromatic carbocycles. The summed E-state index contributed by atoms with van der Waals surface area (Å²) in [5.74, 6) is 1.57. The van der Waals surface area contributed by atoms with Gasteiger partial charge in [-0.25, -0.2) is 4.99 Å². The Morgan fingerprint density at radius 1 is 1.30 bits per heavy atom. The molecule has 0 aromatic rings. The van der Waals surface area contributed by atoms with Gasteiger partial charge in [-0.1, -0.05) is 0 Å². The van der Waals surface area contributed by atoms with E-state index < -0.39 is 0 Å². The summed E-state index contributed by atoms with van der Waals surface area (Å²) in [6.07, 6.45) is 1.18. The Morgan fingerprint density at radius 3 is 2.70 bits per heavy atom. The monoisotopic (exact) mass is 325 g/mol. The summed E-state index contributed by atoms with van der Waals surface area (Å²) in [4.78, 5) is 22.6. The molecule has 7 heteroatoms. The first-order valence-corrected chi connectivity index (χ1v) is 8.63. The number of hydrogen-bond acceptors (Lipinski definition) is 4. The number of rotatable bonds is 5. The number of morpholine rings is 1. The summed E-state index contributed by atoms with van der Waals surface area (Å²) < 4.78 is 5.41. The minimum atomic E-state index is 0.0319. The largest absolute Gasteiger partial charge is 0.379 e. The predicted octanol–water partition coefficient (Wildman–Crippen LogP) is -0.306. The molecule has 2 fully saturated rings. The Morgan fingerprint density at radius 2 is 2.04 bits per heavy atom. The highest BCUT2D eigenvalue weighted by Crippen LogP contribution is 2.18. The van der Waals surface area contributed by atoms with Crippen molar-refractivity contribution in [3.05, 3.63) is 0 Å². The van der Waals surface area contributed by atoms with E-state index in [9.17, 15) is 4.79 Å². The van der Waals surface area contributed by atoms with Crippen LogP contribution in [0, 0.1) is 5.92 Å². The van der Waals surface area contributed by atoms with Gasteiger partial charge in [-0.05, 0) is 19.3 Å². The van der Waals surface area contributed by atoms with Crippen molar-refractivity contribution in [3.63, 3.8) is 0 Å². The van der Waals surface area contributed by atoms with E-state index in [2.05, 4.69) is 27.0 Å². The van der Waals surface area contributed by atoms with Gasteiger partial charge in [0, 0.05) is 53.4 Å². The molecule has 0 saturated carbocycles. The maximum atomic E-state index is 11.7. The number of likely N-dealkylation sites (tertiary alicyclic amines) is 1. The fraction of sp³-hybridized carbons (Fsp3) is 0.875. The van der Waals surface area contributed by atoms with E-state index in [0.29, 0.717) is 5.92 Å². The van der Waals surface area contributed by atoms with Gasteiger partial charge in [0.05, 0.1) is 13.2 Å². The molecule has 1 unspecified atom stereocenters. The van der Waals surface area contributed by atoms with E-state index in [0.717, 1.165) is 58.4 Å². The number of ether oxygens (including phenoxy) is 1. The van der Waals surface area contributed by atoms with Crippen LogP contribution in [0.25, 0.3) is 0 Å². The zero-order valence-electron chi connectivity index (χ0n) is 14.8. The minimum absolute atomic E-state index is 0.0319. The van der Waals surface area contributed by atoms with Crippen LogP contribution in [0.1, 0.15) is 13.3 Å². The normalized spacial score (nSPS) is 23.2. The average Bonchev–Trinajstić information content (AvgIpc) is 3.00. The molecule has 2 aliphatic heterocycles. The third-order valence-corrected chi connectivity index (χ3v) is 4.40. The van der Waals surface area contributed by atoms with Gasteiger partial charge in [0.1, 0.15) is 6.54 Å². The molecule has 1 amide bonds. The van der Waals surface area contributed by atoms with Crippen molar-refractivity contribution in [3.8, 4) is 0 Å². The maximum absolute atomic E-state index is 11.7. The van der Waals surface area contributed by atoms with E-state index in [1.165, 1.54) is 6.42 Å². The molecule has 132 valence electrons. The molecule has 0 radical (unpaired) electrons. The van der Waals surface area contributed by atoms with Crippen molar-refractivity contribution < 1.29 is 9.53 Å². The van der Waals surface area contributed by atoms with Crippen molar-refractivity contribution in [2.24, 2.45) is 10.9 Å². The van der Waals surface area contributed by atoms with E-state index in [4.69, 9.17) is 4.74 Å². The molecular weight excluding hydrogens is 294 g/mol. The van der Waals surface area contributed by atoms with Gasteiger partial charge < -0.3 is 19.9 Å². The second-order valence-corrected chi connectivity index (χ2v) is 6.47. The van der Waals surface area contributed by atoms with Crippen LogP contribution in [0.2, 0.25) is 0 Å². The number of nitrogens with one attached hydrogen (secondary N) is 1. The fourth-order valence-corrected chi connectivity index (χ4v) is 3.03. The molecule has 2 heterocycles. The summed E-state index contributed by atoms with van der Waals surface area (Å²) in [5, 5.41) is 3.31. The topological polar surface area (TPSA) is 60.4 Å². The lowest BCUT2D eigenvalue weighted by molar-refractivity contribution is -0.127. The summed E-state index contributed by atoms with van der Waals surface area (Å²) in [6.45, 7) is 10.0. The Kier molecular flexibility index (Phi) is 7.11. The third kappa shape index (κ3) is 5.66. The molecule has 2 rings (SSSR count). The van der Waals surface area contributed by atoms with Crippen molar-refractivity contribution in [1.29, 1.82) is 0 Å². The number of likely N-dealkylation sites (N-methyl/N-ethyl adjacent to an activating group) is 1. The standard InChI is InChI=1S/C16H31N5O2/c1-4-17-16(18-11-15(22)19(2)3)21-6-5-14(13-21)12-20-7-9-23-10-8-20/h14H,4-13H2,1-3H3,(H,17,18). The lowest BCUT2D eigenvalue weighted by Crippen LogP contribution is -2.42. The summed E-state index contributed by atoms with van der Waals surface area (Å²) >= 11 is 0. The zero-order valence-corrected chi connectivity index (χ0v) is 14.8. The number of amides is 1. The zero-order chi connectivity index (χ0) is 16.7. The molecule has 0 aromatic heterocycles. The highest BCUT2D eigenvalue weighted by molar-refractivity contribution is 5.85. The Bertz CT molecular complexity index is 407. The van der Waals surface area contributed by atoms with Crippen molar-refractivity contribution in [1.82, 2.24) is 20.0 Å². The minimum Gasteiger partial charge on any atom is -0.379 e. The van der Waals surface area contributed by atoms with Gasteiger partial charge in [-0.3, -0.25) is 9.69 Å². The van der Waals surface area contributed by atoms with Crippen LogP contribution in [0.15, 0.2) is 4.99 Å². The molecule has 0 aliphatic carbocycles. The van der Waals surface area contributed by atoms with Crippen molar-refractivity contribution in [2.45, 2.75) is 13.3 Å². The number of hydrogen-bond donors (Lipinski definition) is 1. The Balaban J connectivity index is 1.85. The van der Waals surface area contributed by atoms with Gasteiger partial charge in [0.15, 0.2) is 5.96 Å². The van der Waals surface area contributed by atoms with Crippen LogP contribution in [-0.2, 0) is 9.53 Å².